The first kappa shape index (κ1) is 12.4. The zero-order valence-electron chi connectivity index (χ0n) is 10.9. The molecule has 1 aromatic heterocycles. The first-order valence-electron chi connectivity index (χ1n) is 6.46. The minimum absolute atomic E-state index is 0.781. The summed E-state index contributed by atoms with van der Waals surface area (Å²) in [5.74, 6) is -0.0648. The Hall–Kier alpha value is -2.62. The standard InChI is InChI=1S/C16H14N2O2/c19-16(20)8-6-12-5-7-15(17-11-12)18-10-9-13-3-1-2-4-14(13)18/h1-8,11H,9-10H2,(H,19,20)/b8-6+. The van der Waals surface area contributed by atoms with Crippen molar-refractivity contribution in [2.75, 3.05) is 11.4 Å². The highest BCUT2D eigenvalue weighted by atomic mass is 16.4. The molecule has 2 aromatic rings. The average molecular weight is 266 g/mol. The number of carbonyl (C=O) groups is 1. The molecule has 1 aliphatic heterocycles. The molecule has 3 rings (SSSR count). The maximum absolute atomic E-state index is 10.5. The topological polar surface area (TPSA) is 53.4 Å². The second-order valence-electron chi connectivity index (χ2n) is 4.65. The number of aliphatic carboxylic acids is 1. The maximum atomic E-state index is 10.5. The monoisotopic (exact) mass is 266 g/mol. The number of aromatic nitrogens is 1. The van der Waals surface area contributed by atoms with Gasteiger partial charge < -0.3 is 10.0 Å². The Morgan fingerprint density at radius 1 is 1.25 bits per heavy atom. The van der Waals surface area contributed by atoms with Gasteiger partial charge in [-0.05, 0) is 41.8 Å². The molecule has 0 bridgehead atoms. The first-order valence-corrected chi connectivity index (χ1v) is 6.46. The van der Waals surface area contributed by atoms with Gasteiger partial charge in [0, 0.05) is 24.5 Å². The number of hydrogen-bond acceptors (Lipinski definition) is 3. The van der Waals surface area contributed by atoms with E-state index in [1.54, 1.807) is 6.20 Å². The van der Waals surface area contributed by atoms with Crippen LogP contribution in [-0.2, 0) is 11.2 Å². The molecule has 1 aromatic carbocycles. The van der Waals surface area contributed by atoms with Crippen molar-refractivity contribution in [3.63, 3.8) is 0 Å². The fourth-order valence-corrected chi connectivity index (χ4v) is 2.40. The van der Waals surface area contributed by atoms with Gasteiger partial charge in [-0.15, -0.1) is 0 Å². The highest BCUT2D eigenvalue weighted by Gasteiger charge is 2.20. The summed E-state index contributed by atoms with van der Waals surface area (Å²) in [7, 11) is 0. The maximum Gasteiger partial charge on any atom is 0.328 e. The van der Waals surface area contributed by atoms with Gasteiger partial charge in [-0.25, -0.2) is 9.78 Å². The smallest absolute Gasteiger partial charge is 0.328 e. The number of rotatable bonds is 3. The summed E-state index contributed by atoms with van der Waals surface area (Å²) in [6.07, 6.45) is 5.37. The summed E-state index contributed by atoms with van der Waals surface area (Å²) in [5.41, 5.74) is 3.32. The number of anilines is 2. The first-order chi connectivity index (χ1) is 9.74. The summed E-state index contributed by atoms with van der Waals surface area (Å²) in [6, 6.07) is 12.1. The molecule has 2 heterocycles. The molecule has 0 fully saturated rings. The van der Waals surface area contributed by atoms with Gasteiger partial charge in [0.15, 0.2) is 0 Å². The third-order valence-corrected chi connectivity index (χ3v) is 3.35. The lowest BCUT2D eigenvalue weighted by molar-refractivity contribution is -0.131. The number of carboxylic acids is 1. The summed E-state index contributed by atoms with van der Waals surface area (Å²) in [4.78, 5) is 17.1. The molecule has 0 radical (unpaired) electrons. The van der Waals surface area contributed by atoms with E-state index in [0.717, 1.165) is 30.4 Å². The van der Waals surface area contributed by atoms with Crippen LogP contribution in [0.25, 0.3) is 6.08 Å². The van der Waals surface area contributed by atoms with Crippen LogP contribution in [0, 0.1) is 0 Å². The van der Waals surface area contributed by atoms with Crippen LogP contribution < -0.4 is 4.90 Å². The van der Waals surface area contributed by atoms with Crippen molar-refractivity contribution < 1.29 is 9.90 Å². The molecule has 1 aliphatic rings. The fourth-order valence-electron chi connectivity index (χ4n) is 2.40. The summed E-state index contributed by atoms with van der Waals surface area (Å²) in [5, 5.41) is 8.60. The molecule has 4 nitrogen and oxygen atoms in total. The molecular formula is C16H14N2O2. The average Bonchev–Trinajstić information content (AvgIpc) is 2.89. The van der Waals surface area contributed by atoms with Gasteiger partial charge in [-0.2, -0.15) is 0 Å². The molecule has 20 heavy (non-hydrogen) atoms. The lowest BCUT2D eigenvalue weighted by Crippen LogP contribution is -2.14. The Morgan fingerprint density at radius 3 is 2.85 bits per heavy atom. The molecule has 0 unspecified atom stereocenters. The zero-order chi connectivity index (χ0) is 13.9. The van der Waals surface area contributed by atoms with Crippen molar-refractivity contribution in [2.45, 2.75) is 6.42 Å². The van der Waals surface area contributed by atoms with Crippen molar-refractivity contribution in [3.8, 4) is 0 Å². The van der Waals surface area contributed by atoms with Gasteiger partial charge in [0.05, 0.1) is 0 Å². The number of benzene rings is 1. The molecule has 4 heteroatoms. The Labute approximate surface area is 117 Å². The van der Waals surface area contributed by atoms with Gasteiger partial charge in [0.25, 0.3) is 0 Å². The van der Waals surface area contributed by atoms with Gasteiger partial charge >= 0.3 is 5.97 Å². The van der Waals surface area contributed by atoms with Crippen molar-refractivity contribution in [1.82, 2.24) is 4.98 Å². The number of fused-ring (bicyclic) bond motifs is 1. The van der Waals surface area contributed by atoms with Crippen LogP contribution in [0.1, 0.15) is 11.1 Å². The molecule has 100 valence electrons. The molecule has 0 spiro atoms. The van der Waals surface area contributed by atoms with Gasteiger partial charge in [-0.1, -0.05) is 18.2 Å². The van der Waals surface area contributed by atoms with E-state index in [-0.39, 0.29) is 0 Å². The predicted molar refractivity (Wildman–Crippen MR) is 78.1 cm³/mol. The minimum Gasteiger partial charge on any atom is -0.478 e. The quantitative estimate of drug-likeness (QED) is 0.868. The second-order valence-corrected chi connectivity index (χ2v) is 4.65. The SMILES string of the molecule is O=C(O)/C=C/c1ccc(N2CCc3ccccc32)nc1. The highest BCUT2D eigenvalue weighted by Crippen LogP contribution is 2.32. The summed E-state index contributed by atoms with van der Waals surface area (Å²) >= 11 is 0. The van der Waals surface area contributed by atoms with E-state index in [9.17, 15) is 4.79 Å². The molecule has 0 amide bonds. The van der Waals surface area contributed by atoms with Crippen LogP contribution in [0.3, 0.4) is 0 Å². The van der Waals surface area contributed by atoms with E-state index in [1.165, 1.54) is 17.3 Å². The normalized spacial score (nSPS) is 13.7. The van der Waals surface area contributed by atoms with Crippen LogP contribution in [0.2, 0.25) is 0 Å². The molecule has 0 saturated heterocycles. The van der Waals surface area contributed by atoms with E-state index >= 15 is 0 Å². The Morgan fingerprint density at radius 2 is 2.10 bits per heavy atom. The van der Waals surface area contributed by atoms with Crippen molar-refractivity contribution in [3.05, 3.63) is 59.8 Å². The van der Waals surface area contributed by atoms with E-state index < -0.39 is 5.97 Å². The van der Waals surface area contributed by atoms with Crippen LogP contribution in [0.15, 0.2) is 48.7 Å². The largest absolute Gasteiger partial charge is 0.478 e. The highest BCUT2D eigenvalue weighted by molar-refractivity contribution is 5.85. The third-order valence-electron chi connectivity index (χ3n) is 3.35. The number of para-hydroxylation sites is 1. The van der Waals surface area contributed by atoms with Gasteiger partial charge in [0.2, 0.25) is 0 Å². The van der Waals surface area contributed by atoms with Gasteiger partial charge in [0.1, 0.15) is 5.82 Å². The van der Waals surface area contributed by atoms with Crippen LogP contribution in [0.5, 0.6) is 0 Å². The van der Waals surface area contributed by atoms with Gasteiger partial charge in [-0.3, -0.25) is 0 Å². The number of hydrogen-bond donors (Lipinski definition) is 1. The fraction of sp³-hybridized carbons (Fsp3) is 0.125. The molecular weight excluding hydrogens is 252 g/mol. The Balaban J connectivity index is 1.84. The molecule has 0 aliphatic carbocycles. The lowest BCUT2D eigenvalue weighted by atomic mass is 10.2. The van der Waals surface area contributed by atoms with Crippen LogP contribution in [-0.4, -0.2) is 22.6 Å². The van der Waals surface area contributed by atoms with Crippen LogP contribution >= 0.6 is 0 Å². The number of pyridine rings is 1. The van der Waals surface area contributed by atoms with E-state index in [0.29, 0.717) is 0 Å². The molecule has 0 atom stereocenters. The zero-order valence-corrected chi connectivity index (χ0v) is 10.9. The van der Waals surface area contributed by atoms with Crippen molar-refractivity contribution >= 4 is 23.6 Å². The summed E-state index contributed by atoms with van der Waals surface area (Å²) < 4.78 is 0. The Bertz CT molecular complexity index is 662. The molecule has 0 saturated carbocycles. The third kappa shape index (κ3) is 2.40. The number of carboxylic acid groups (broad SMARTS) is 1. The van der Waals surface area contributed by atoms with E-state index in [1.807, 2.05) is 18.2 Å². The van der Waals surface area contributed by atoms with E-state index in [2.05, 4.69) is 28.1 Å². The second kappa shape index (κ2) is 5.17. The molecule has 1 N–H and O–H groups in total. The minimum atomic E-state index is -0.956. The lowest BCUT2D eigenvalue weighted by Gasteiger charge is -2.18. The van der Waals surface area contributed by atoms with E-state index in [4.69, 9.17) is 5.11 Å². The summed E-state index contributed by atoms with van der Waals surface area (Å²) in [6.45, 7) is 0.927. The van der Waals surface area contributed by atoms with Crippen molar-refractivity contribution in [2.24, 2.45) is 0 Å². The van der Waals surface area contributed by atoms with Crippen molar-refractivity contribution in [1.29, 1.82) is 0 Å². The Kier molecular flexibility index (Phi) is 3.21. The number of nitrogens with zero attached hydrogens (tertiary/aromatic N) is 2. The van der Waals surface area contributed by atoms with Crippen LogP contribution in [0.4, 0.5) is 11.5 Å². The predicted octanol–water partition coefficient (Wildman–Crippen LogP) is 2.87.